The molecule has 0 amide bonds. The summed E-state index contributed by atoms with van der Waals surface area (Å²) in [5.41, 5.74) is 0. The number of aryl methyl sites for hydroxylation is 1. The summed E-state index contributed by atoms with van der Waals surface area (Å²) in [6.07, 6.45) is 2.21. The third-order valence-electron chi connectivity index (χ3n) is 3.32. The zero-order chi connectivity index (χ0) is 13.4. The molecule has 2 aromatic heterocycles. The third kappa shape index (κ3) is 2.34. The number of nitrogens with zero attached hydrogens (tertiary/aromatic N) is 5. The average Bonchev–Trinajstić information content (AvgIpc) is 3.03. The van der Waals surface area contributed by atoms with Gasteiger partial charge in [0.05, 0.1) is 6.04 Å². The Morgan fingerprint density at radius 2 is 2.11 bits per heavy atom. The molecule has 0 bridgehead atoms. The normalized spacial score (nSPS) is 15.8. The van der Waals surface area contributed by atoms with Crippen LogP contribution >= 0.6 is 11.5 Å². The van der Waals surface area contributed by atoms with Crippen molar-refractivity contribution in [3.63, 3.8) is 0 Å². The summed E-state index contributed by atoms with van der Waals surface area (Å²) >= 11 is 1.41. The first kappa shape index (κ1) is 12.5. The van der Waals surface area contributed by atoms with Crippen LogP contribution in [0.25, 0.3) is 0 Å². The Balaban J connectivity index is 1.75. The molecule has 0 saturated heterocycles. The number of rotatable bonds is 4. The molecule has 0 spiro atoms. The van der Waals surface area contributed by atoms with Crippen molar-refractivity contribution in [1.82, 2.24) is 24.1 Å². The Morgan fingerprint density at radius 1 is 1.26 bits per heavy atom. The minimum Gasteiger partial charge on any atom is -0.351 e. The number of hydrogen-bond acceptors (Lipinski definition) is 6. The Kier molecular flexibility index (Phi) is 3.22. The number of hydrogen-bond donors (Lipinski definition) is 1. The van der Waals surface area contributed by atoms with E-state index in [1.54, 1.807) is 0 Å². The van der Waals surface area contributed by atoms with Gasteiger partial charge in [0, 0.05) is 30.4 Å². The zero-order valence-electron chi connectivity index (χ0n) is 11.4. The van der Waals surface area contributed by atoms with Gasteiger partial charge >= 0.3 is 0 Å². The van der Waals surface area contributed by atoms with Crippen molar-refractivity contribution in [2.24, 2.45) is 0 Å². The van der Waals surface area contributed by atoms with Gasteiger partial charge in [-0.25, -0.2) is 4.98 Å². The van der Waals surface area contributed by atoms with Gasteiger partial charge in [-0.15, -0.1) is 10.2 Å². The first-order chi connectivity index (χ1) is 9.15. The maximum atomic E-state index is 4.49. The van der Waals surface area contributed by atoms with Gasteiger partial charge in [-0.2, -0.15) is 4.37 Å². The molecule has 3 rings (SSSR count). The lowest BCUT2D eigenvalue weighted by atomic mass is 10.2. The van der Waals surface area contributed by atoms with Crippen LogP contribution in [0.2, 0.25) is 0 Å². The van der Waals surface area contributed by atoms with Crippen molar-refractivity contribution in [3.8, 4) is 0 Å². The van der Waals surface area contributed by atoms with Gasteiger partial charge in [0.2, 0.25) is 5.13 Å². The van der Waals surface area contributed by atoms with Gasteiger partial charge in [0.25, 0.3) is 0 Å². The lowest BCUT2D eigenvalue weighted by Gasteiger charge is -2.12. The zero-order valence-corrected chi connectivity index (χ0v) is 12.2. The Morgan fingerprint density at radius 3 is 2.84 bits per heavy atom. The fraction of sp³-hybridized carbons (Fsp3) is 0.667. The molecule has 19 heavy (non-hydrogen) atoms. The number of nitrogens with one attached hydrogen (secondary N) is 1. The second kappa shape index (κ2) is 4.88. The largest absolute Gasteiger partial charge is 0.351 e. The average molecular weight is 278 g/mol. The molecule has 102 valence electrons. The maximum Gasteiger partial charge on any atom is 0.203 e. The summed E-state index contributed by atoms with van der Waals surface area (Å²) in [5.74, 6) is 3.35. The topological polar surface area (TPSA) is 68.5 Å². The van der Waals surface area contributed by atoms with Crippen LogP contribution in [0.1, 0.15) is 56.6 Å². The molecule has 1 aliphatic heterocycles. The molecule has 0 saturated carbocycles. The lowest BCUT2D eigenvalue weighted by molar-refractivity contribution is 0.651. The SMILES string of the molecule is CC(C)c1nsc(N[C@H](C)c2nnc3n2CCC3)n1. The minimum atomic E-state index is 0.104. The van der Waals surface area contributed by atoms with Gasteiger partial charge in [-0.3, -0.25) is 0 Å². The van der Waals surface area contributed by atoms with E-state index in [-0.39, 0.29) is 6.04 Å². The van der Waals surface area contributed by atoms with Crippen LogP contribution in [0.4, 0.5) is 5.13 Å². The monoisotopic (exact) mass is 278 g/mol. The Hall–Kier alpha value is -1.50. The number of anilines is 1. The first-order valence-electron chi connectivity index (χ1n) is 6.67. The predicted octanol–water partition coefficient (Wildman–Crippen LogP) is 2.37. The summed E-state index contributed by atoms with van der Waals surface area (Å²) in [6.45, 7) is 7.31. The van der Waals surface area contributed by atoms with Gasteiger partial charge in [-0.1, -0.05) is 13.8 Å². The van der Waals surface area contributed by atoms with Crippen LogP contribution in [-0.2, 0) is 13.0 Å². The molecular weight excluding hydrogens is 260 g/mol. The van der Waals surface area contributed by atoms with E-state index in [2.05, 4.69) is 50.2 Å². The van der Waals surface area contributed by atoms with E-state index in [4.69, 9.17) is 0 Å². The molecule has 0 unspecified atom stereocenters. The van der Waals surface area contributed by atoms with Crippen molar-refractivity contribution in [3.05, 3.63) is 17.5 Å². The van der Waals surface area contributed by atoms with Crippen LogP contribution in [0.15, 0.2) is 0 Å². The van der Waals surface area contributed by atoms with Crippen LogP contribution in [0.3, 0.4) is 0 Å². The third-order valence-corrected chi connectivity index (χ3v) is 3.98. The summed E-state index contributed by atoms with van der Waals surface area (Å²) in [5, 5.41) is 12.7. The summed E-state index contributed by atoms with van der Waals surface area (Å²) in [7, 11) is 0. The van der Waals surface area contributed by atoms with E-state index in [0.29, 0.717) is 5.92 Å². The molecule has 7 heteroatoms. The number of fused-ring (bicyclic) bond motifs is 1. The van der Waals surface area contributed by atoms with E-state index >= 15 is 0 Å². The second-order valence-corrected chi connectivity index (χ2v) is 5.96. The smallest absolute Gasteiger partial charge is 0.203 e. The van der Waals surface area contributed by atoms with Gasteiger partial charge in [-0.05, 0) is 13.3 Å². The molecule has 1 atom stereocenters. The van der Waals surface area contributed by atoms with Crippen molar-refractivity contribution < 1.29 is 0 Å². The van der Waals surface area contributed by atoms with Crippen LogP contribution in [-0.4, -0.2) is 24.1 Å². The van der Waals surface area contributed by atoms with Gasteiger partial charge < -0.3 is 9.88 Å². The van der Waals surface area contributed by atoms with Gasteiger partial charge in [0.1, 0.15) is 11.6 Å². The van der Waals surface area contributed by atoms with Crippen molar-refractivity contribution in [1.29, 1.82) is 0 Å². The molecule has 2 aromatic rings. The highest BCUT2D eigenvalue weighted by Gasteiger charge is 2.22. The molecular formula is C12H18N6S. The van der Waals surface area contributed by atoms with E-state index in [1.165, 1.54) is 18.0 Å². The van der Waals surface area contributed by atoms with E-state index in [9.17, 15) is 0 Å². The molecule has 0 fully saturated rings. The summed E-state index contributed by atoms with van der Waals surface area (Å²) < 4.78 is 6.56. The molecule has 1 N–H and O–H groups in total. The highest BCUT2D eigenvalue weighted by atomic mass is 32.1. The lowest BCUT2D eigenvalue weighted by Crippen LogP contribution is -2.13. The standard InChI is InChI=1S/C12H18N6S/c1-7(2)10-14-12(19-17-10)13-8(3)11-16-15-9-5-4-6-18(9)11/h7-8H,4-6H2,1-3H3,(H,13,14,17)/t8-/m1/s1. The quantitative estimate of drug-likeness (QED) is 0.930. The predicted molar refractivity (Wildman–Crippen MR) is 74.4 cm³/mol. The fourth-order valence-electron chi connectivity index (χ4n) is 2.27. The molecule has 0 radical (unpaired) electrons. The maximum absolute atomic E-state index is 4.49. The molecule has 1 aliphatic rings. The van der Waals surface area contributed by atoms with Crippen molar-refractivity contribution in [2.75, 3.05) is 5.32 Å². The van der Waals surface area contributed by atoms with Crippen LogP contribution < -0.4 is 5.32 Å². The highest BCUT2D eigenvalue weighted by molar-refractivity contribution is 7.09. The van der Waals surface area contributed by atoms with E-state index in [0.717, 1.165) is 35.6 Å². The highest BCUT2D eigenvalue weighted by Crippen LogP contribution is 2.24. The Labute approximate surface area is 116 Å². The van der Waals surface area contributed by atoms with Gasteiger partial charge in [0.15, 0.2) is 5.82 Å². The van der Waals surface area contributed by atoms with Crippen molar-refractivity contribution >= 4 is 16.7 Å². The van der Waals surface area contributed by atoms with Crippen LogP contribution in [0.5, 0.6) is 0 Å². The molecule has 0 aliphatic carbocycles. The number of aromatic nitrogens is 5. The van der Waals surface area contributed by atoms with E-state index in [1.807, 2.05) is 0 Å². The second-order valence-electron chi connectivity index (χ2n) is 5.21. The molecule has 6 nitrogen and oxygen atoms in total. The van der Waals surface area contributed by atoms with E-state index < -0.39 is 0 Å². The van der Waals surface area contributed by atoms with Crippen molar-refractivity contribution in [2.45, 2.75) is 52.1 Å². The van der Waals surface area contributed by atoms with Crippen LogP contribution in [0, 0.1) is 0 Å². The fourth-order valence-corrected chi connectivity index (χ4v) is 3.07. The first-order valence-corrected chi connectivity index (χ1v) is 7.44. The summed E-state index contributed by atoms with van der Waals surface area (Å²) in [6, 6.07) is 0.104. The minimum absolute atomic E-state index is 0.104. The molecule has 0 aromatic carbocycles. The Bertz CT molecular complexity index is 573. The molecule has 3 heterocycles. The summed E-state index contributed by atoms with van der Waals surface area (Å²) in [4.78, 5) is 4.49.